The second-order valence-corrected chi connectivity index (χ2v) is 8.30. The van der Waals surface area contributed by atoms with E-state index in [1.807, 2.05) is 13.8 Å². The van der Waals surface area contributed by atoms with Crippen LogP contribution in [0.3, 0.4) is 0 Å². The van der Waals surface area contributed by atoms with Crippen LogP contribution >= 0.6 is 11.3 Å². The molecule has 5 nitrogen and oxygen atoms in total. The predicted molar refractivity (Wildman–Crippen MR) is 121 cm³/mol. The summed E-state index contributed by atoms with van der Waals surface area (Å²) in [7, 11) is 2.09. The van der Waals surface area contributed by atoms with Crippen LogP contribution in [0.25, 0.3) is 0 Å². The first-order valence-electron chi connectivity index (χ1n) is 10.6. The van der Waals surface area contributed by atoms with Gasteiger partial charge in [-0.3, -0.25) is 5.01 Å². The molecule has 0 amide bonds. The van der Waals surface area contributed by atoms with E-state index in [-0.39, 0.29) is 0 Å². The van der Waals surface area contributed by atoms with Crippen LogP contribution in [0, 0.1) is 11.3 Å². The molecule has 28 heavy (non-hydrogen) atoms. The standard InChI is InChI=1S/C15H20N4S.C5H11N.C2H6/c1-3-4-14(16)12-9-13(20-11-12)10-18-7-8-19-15(18)5-6-17(19)2;1-5-2-3-6-4-5;1-2/h5,7-9,11,16H,3-4,6,10H2,1-2H3;5-6H,2-4H2,1H3;1-2H3. The number of fused-ring (bicyclic) bond motifs is 1. The average molecular weight is 404 g/mol. The van der Waals surface area contributed by atoms with E-state index in [2.05, 4.69) is 71.1 Å². The minimum atomic E-state index is 0.758. The van der Waals surface area contributed by atoms with Gasteiger partial charge in [0, 0.05) is 47.5 Å². The fraction of sp³-hybridized carbons (Fsp3) is 0.591. The number of nitrogens with one attached hydrogen (secondary N) is 2. The van der Waals surface area contributed by atoms with Crippen molar-refractivity contribution in [3.8, 4) is 0 Å². The van der Waals surface area contributed by atoms with Crippen LogP contribution in [0.15, 0.2) is 35.7 Å². The minimum Gasteiger partial charge on any atom is -0.327 e. The average Bonchev–Trinajstić information content (AvgIpc) is 3.47. The fourth-order valence-corrected chi connectivity index (χ4v) is 4.24. The maximum absolute atomic E-state index is 8.02. The maximum Gasteiger partial charge on any atom is 0.125 e. The number of hydrogen-bond acceptors (Lipinski definition) is 6. The van der Waals surface area contributed by atoms with E-state index in [1.165, 1.54) is 30.2 Å². The molecule has 4 rings (SSSR count). The van der Waals surface area contributed by atoms with Crippen molar-refractivity contribution in [1.82, 2.24) is 20.2 Å². The lowest BCUT2D eigenvalue weighted by atomic mass is 10.1. The zero-order chi connectivity index (χ0) is 20.5. The highest BCUT2D eigenvalue weighted by molar-refractivity contribution is 7.10. The highest BCUT2D eigenvalue weighted by Crippen LogP contribution is 2.29. The molecule has 1 aromatic rings. The quantitative estimate of drug-likeness (QED) is 0.690. The van der Waals surface area contributed by atoms with Gasteiger partial charge in [-0.15, -0.1) is 11.3 Å². The van der Waals surface area contributed by atoms with Gasteiger partial charge in [0.05, 0.1) is 6.54 Å². The molecule has 156 valence electrons. The van der Waals surface area contributed by atoms with Gasteiger partial charge in [-0.25, -0.2) is 5.01 Å². The summed E-state index contributed by atoms with van der Waals surface area (Å²) in [5, 5.41) is 17.8. The predicted octanol–water partition coefficient (Wildman–Crippen LogP) is 4.85. The van der Waals surface area contributed by atoms with Crippen LogP contribution in [-0.4, -0.2) is 47.3 Å². The Morgan fingerprint density at radius 2 is 2.11 bits per heavy atom. The lowest BCUT2D eigenvalue weighted by Gasteiger charge is -2.24. The molecule has 0 aromatic carbocycles. The molecular formula is C22H37N5S. The lowest BCUT2D eigenvalue weighted by Crippen LogP contribution is -2.29. The first kappa shape index (κ1) is 22.7. The van der Waals surface area contributed by atoms with Gasteiger partial charge < -0.3 is 15.6 Å². The van der Waals surface area contributed by atoms with E-state index in [4.69, 9.17) is 5.41 Å². The van der Waals surface area contributed by atoms with E-state index in [0.29, 0.717) is 0 Å². The molecule has 0 saturated carbocycles. The van der Waals surface area contributed by atoms with Gasteiger partial charge in [0.2, 0.25) is 0 Å². The highest BCUT2D eigenvalue weighted by atomic mass is 32.1. The lowest BCUT2D eigenvalue weighted by molar-refractivity contribution is 0.115. The summed E-state index contributed by atoms with van der Waals surface area (Å²) >= 11 is 1.75. The van der Waals surface area contributed by atoms with Crippen molar-refractivity contribution in [2.45, 2.75) is 53.5 Å². The Bertz CT molecular complexity index is 672. The van der Waals surface area contributed by atoms with Crippen molar-refractivity contribution in [2.24, 2.45) is 5.92 Å². The molecule has 1 unspecified atom stereocenters. The Balaban J connectivity index is 0.000000296. The van der Waals surface area contributed by atoms with Crippen LogP contribution < -0.4 is 5.32 Å². The van der Waals surface area contributed by atoms with E-state index >= 15 is 0 Å². The summed E-state index contributed by atoms with van der Waals surface area (Å²) in [6, 6.07) is 2.17. The van der Waals surface area contributed by atoms with Gasteiger partial charge in [-0.1, -0.05) is 34.1 Å². The number of hydrazine groups is 1. The van der Waals surface area contributed by atoms with Gasteiger partial charge in [0.15, 0.2) is 0 Å². The Labute approximate surface area is 175 Å². The molecule has 3 aliphatic heterocycles. The van der Waals surface area contributed by atoms with Crippen LogP contribution in [0.1, 0.15) is 57.4 Å². The number of thiophene rings is 1. The smallest absolute Gasteiger partial charge is 0.125 e. The summed E-state index contributed by atoms with van der Waals surface area (Å²) in [5.74, 6) is 2.18. The third-order valence-electron chi connectivity index (χ3n) is 4.96. The van der Waals surface area contributed by atoms with Crippen LogP contribution in [0.4, 0.5) is 0 Å². The number of likely N-dealkylation sites (N-methyl/N-ethyl adjacent to an activating group) is 1. The Kier molecular flexibility index (Phi) is 9.22. The van der Waals surface area contributed by atoms with Crippen LogP contribution in [0.5, 0.6) is 0 Å². The van der Waals surface area contributed by atoms with Crippen molar-refractivity contribution in [3.63, 3.8) is 0 Å². The van der Waals surface area contributed by atoms with Crippen molar-refractivity contribution in [1.29, 1.82) is 5.41 Å². The molecule has 3 aliphatic rings. The van der Waals surface area contributed by atoms with Gasteiger partial charge >= 0.3 is 0 Å². The molecule has 1 aromatic heterocycles. The third kappa shape index (κ3) is 5.93. The Morgan fingerprint density at radius 1 is 1.32 bits per heavy atom. The van der Waals surface area contributed by atoms with Gasteiger partial charge in [0.1, 0.15) is 5.82 Å². The molecule has 0 radical (unpaired) electrons. The van der Waals surface area contributed by atoms with Crippen LogP contribution in [-0.2, 0) is 6.54 Å². The molecule has 6 heteroatoms. The monoisotopic (exact) mass is 403 g/mol. The molecule has 4 heterocycles. The molecule has 1 saturated heterocycles. The molecule has 2 N–H and O–H groups in total. The zero-order valence-corrected chi connectivity index (χ0v) is 19.0. The van der Waals surface area contributed by atoms with Crippen molar-refractivity contribution < 1.29 is 0 Å². The fourth-order valence-electron chi connectivity index (χ4n) is 3.35. The summed E-state index contributed by atoms with van der Waals surface area (Å²) in [4.78, 5) is 3.57. The second kappa shape index (κ2) is 11.4. The summed E-state index contributed by atoms with van der Waals surface area (Å²) in [6.07, 6.45) is 9.74. The molecule has 0 bridgehead atoms. The summed E-state index contributed by atoms with van der Waals surface area (Å²) in [6.45, 7) is 12.7. The molecule has 1 atom stereocenters. The van der Waals surface area contributed by atoms with E-state index in [0.717, 1.165) is 43.1 Å². The molecule has 0 aliphatic carbocycles. The van der Waals surface area contributed by atoms with E-state index < -0.39 is 0 Å². The van der Waals surface area contributed by atoms with Gasteiger partial charge in [-0.05, 0) is 44.0 Å². The topological polar surface area (TPSA) is 45.6 Å². The highest BCUT2D eigenvalue weighted by Gasteiger charge is 2.27. The van der Waals surface area contributed by atoms with E-state index in [1.54, 1.807) is 11.3 Å². The van der Waals surface area contributed by atoms with E-state index in [9.17, 15) is 0 Å². The minimum absolute atomic E-state index is 0.758. The molecular weight excluding hydrogens is 366 g/mol. The second-order valence-electron chi connectivity index (χ2n) is 7.30. The molecule has 0 spiro atoms. The number of nitrogens with zero attached hydrogens (tertiary/aromatic N) is 3. The van der Waals surface area contributed by atoms with Crippen LogP contribution in [0.2, 0.25) is 0 Å². The largest absolute Gasteiger partial charge is 0.327 e. The number of hydrogen-bond donors (Lipinski definition) is 2. The van der Waals surface area contributed by atoms with Gasteiger partial charge in [0.25, 0.3) is 0 Å². The van der Waals surface area contributed by atoms with Gasteiger partial charge in [-0.2, -0.15) is 0 Å². The summed E-state index contributed by atoms with van der Waals surface area (Å²) in [5.41, 5.74) is 1.85. The maximum atomic E-state index is 8.02. The van der Waals surface area contributed by atoms with Crippen molar-refractivity contribution in [3.05, 3.63) is 46.2 Å². The first-order valence-corrected chi connectivity index (χ1v) is 11.5. The first-order chi connectivity index (χ1) is 13.6. The van der Waals surface area contributed by atoms with Crippen molar-refractivity contribution in [2.75, 3.05) is 26.7 Å². The third-order valence-corrected chi connectivity index (χ3v) is 5.88. The summed E-state index contributed by atoms with van der Waals surface area (Å²) < 4.78 is 0. The SMILES string of the molecule is CC.CC1CCNC1.CCCC(=N)c1csc(CN2C=CN3C2=CCN3C)c1. The Morgan fingerprint density at radius 3 is 2.71 bits per heavy atom. The molecule has 1 fully saturated rings. The number of rotatable bonds is 5. The normalized spacial score (nSPS) is 20.3. The van der Waals surface area contributed by atoms with Crippen molar-refractivity contribution >= 4 is 17.0 Å². The zero-order valence-electron chi connectivity index (χ0n) is 18.2. The Hall–Kier alpha value is -1.63.